The molecule has 1 fully saturated rings. The number of nitrogens with one attached hydrogen (secondary N) is 1. The van der Waals surface area contributed by atoms with Crippen LogP contribution in [0.5, 0.6) is 0 Å². The van der Waals surface area contributed by atoms with Crippen molar-refractivity contribution < 1.29 is 14.4 Å². The van der Waals surface area contributed by atoms with E-state index in [2.05, 4.69) is 5.43 Å². The quantitative estimate of drug-likeness (QED) is 0.473. The summed E-state index contributed by atoms with van der Waals surface area (Å²) in [5.41, 5.74) is 3.08. The third-order valence-electron chi connectivity index (χ3n) is 3.46. The van der Waals surface area contributed by atoms with Crippen molar-refractivity contribution in [2.45, 2.75) is 26.0 Å². The minimum absolute atomic E-state index is 0.312. The molecule has 1 aliphatic rings. The Balaban J connectivity index is 1.97. The van der Waals surface area contributed by atoms with E-state index in [9.17, 15) is 9.59 Å². The number of hydrogen-bond donors (Lipinski definition) is 2. The van der Waals surface area contributed by atoms with Gasteiger partial charge in [-0.15, -0.1) is 0 Å². The van der Waals surface area contributed by atoms with E-state index in [-0.39, 0.29) is 11.9 Å². The van der Waals surface area contributed by atoms with Gasteiger partial charge in [0.2, 0.25) is 0 Å². The number of carbonyl (C=O) groups excluding carboxylic acids is 2. The normalized spacial score (nSPS) is 18.8. The van der Waals surface area contributed by atoms with Crippen molar-refractivity contribution in [3.63, 3.8) is 0 Å². The van der Waals surface area contributed by atoms with Crippen LogP contribution in [0.1, 0.15) is 18.9 Å². The lowest BCUT2D eigenvalue weighted by Crippen LogP contribution is -2.59. The average Bonchev–Trinajstić information content (AvgIpc) is 2.53. The first kappa shape index (κ1) is 15.3. The zero-order chi connectivity index (χ0) is 15.2. The summed E-state index contributed by atoms with van der Waals surface area (Å²) in [7, 11) is 0. The molecule has 114 valence electrons. The smallest absolute Gasteiger partial charge is 0.311 e. The molecule has 7 heteroatoms. The first-order valence-electron chi connectivity index (χ1n) is 6.92. The van der Waals surface area contributed by atoms with E-state index in [0.717, 1.165) is 5.56 Å². The monoisotopic (exact) mass is 292 g/mol. The summed E-state index contributed by atoms with van der Waals surface area (Å²) in [5, 5.41) is 1.30. The topological polar surface area (TPSA) is 87.9 Å². The number of hydrogen-bond acceptors (Lipinski definition) is 4. The summed E-state index contributed by atoms with van der Waals surface area (Å²) in [6, 6.07) is 8.75. The molecule has 1 saturated heterocycles. The largest absolute Gasteiger partial charge is 0.344 e. The Morgan fingerprint density at radius 2 is 2.14 bits per heavy atom. The first-order valence-corrected chi connectivity index (χ1v) is 6.92. The van der Waals surface area contributed by atoms with Crippen LogP contribution < -0.4 is 11.3 Å². The number of nitrogens with two attached hydrogens (primary N) is 1. The van der Waals surface area contributed by atoms with Gasteiger partial charge < -0.3 is 4.90 Å². The molecule has 0 spiro atoms. The van der Waals surface area contributed by atoms with Crippen LogP contribution in [0.4, 0.5) is 4.79 Å². The van der Waals surface area contributed by atoms with Crippen LogP contribution in [0, 0.1) is 0 Å². The fourth-order valence-corrected chi connectivity index (χ4v) is 2.34. The van der Waals surface area contributed by atoms with E-state index in [4.69, 9.17) is 10.7 Å². The average molecular weight is 292 g/mol. The molecule has 1 aliphatic heterocycles. The van der Waals surface area contributed by atoms with Crippen molar-refractivity contribution in [3.05, 3.63) is 35.9 Å². The van der Waals surface area contributed by atoms with Gasteiger partial charge in [-0.05, 0) is 18.9 Å². The lowest BCUT2D eigenvalue weighted by atomic mass is 10.1. The molecule has 0 bridgehead atoms. The molecule has 3 N–H and O–H groups in total. The Labute approximate surface area is 123 Å². The van der Waals surface area contributed by atoms with E-state index >= 15 is 0 Å². The lowest BCUT2D eigenvalue weighted by Gasteiger charge is -2.38. The van der Waals surface area contributed by atoms with E-state index < -0.39 is 6.04 Å². The van der Waals surface area contributed by atoms with E-state index in [1.807, 2.05) is 37.3 Å². The van der Waals surface area contributed by atoms with Gasteiger partial charge in [0.15, 0.2) is 0 Å². The second-order valence-electron chi connectivity index (χ2n) is 4.74. The van der Waals surface area contributed by atoms with Crippen LogP contribution >= 0.6 is 0 Å². The number of benzene rings is 1. The van der Waals surface area contributed by atoms with Crippen LogP contribution in [0.25, 0.3) is 0 Å². The molecule has 2 rings (SSSR count). The van der Waals surface area contributed by atoms with E-state index in [1.165, 1.54) is 9.96 Å². The molecule has 7 nitrogen and oxygen atoms in total. The van der Waals surface area contributed by atoms with Crippen LogP contribution in [0.15, 0.2) is 30.3 Å². The van der Waals surface area contributed by atoms with Crippen molar-refractivity contribution in [3.8, 4) is 0 Å². The Bertz CT molecular complexity index is 494. The van der Waals surface area contributed by atoms with Gasteiger partial charge in [-0.1, -0.05) is 30.3 Å². The maximum absolute atomic E-state index is 12.3. The van der Waals surface area contributed by atoms with E-state index in [0.29, 0.717) is 26.1 Å². The molecule has 0 radical (unpaired) electrons. The highest BCUT2D eigenvalue weighted by Crippen LogP contribution is 2.17. The summed E-state index contributed by atoms with van der Waals surface area (Å²) in [6.45, 7) is 2.91. The summed E-state index contributed by atoms with van der Waals surface area (Å²) in [6.07, 6.45) is 0.484. The maximum atomic E-state index is 12.3. The third-order valence-corrected chi connectivity index (χ3v) is 3.46. The molecular formula is C14H20N4O3. The number of urea groups is 1. The molecule has 0 aromatic heterocycles. The molecule has 1 aromatic rings. The van der Waals surface area contributed by atoms with Crippen LogP contribution in [-0.4, -0.2) is 41.0 Å². The Hall–Kier alpha value is -2.12. The lowest BCUT2D eigenvalue weighted by molar-refractivity contribution is -0.157. The predicted molar refractivity (Wildman–Crippen MR) is 76.4 cm³/mol. The highest BCUT2D eigenvalue weighted by molar-refractivity contribution is 5.87. The molecule has 21 heavy (non-hydrogen) atoms. The SMILES string of the molecule is CCN1C(=O)N(OCc2ccccc2)CCC1C(=O)NN. The van der Waals surface area contributed by atoms with Gasteiger partial charge in [0, 0.05) is 6.54 Å². The molecule has 1 atom stereocenters. The van der Waals surface area contributed by atoms with Gasteiger partial charge in [0.05, 0.1) is 6.54 Å². The standard InChI is InChI=1S/C14H20N4O3/c1-2-17-12(13(19)16-15)8-9-18(14(17)20)21-10-11-6-4-3-5-7-11/h3-7,12H,2,8-10,15H2,1H3,(H,16,19). The minimum atomic E-state index is -0.538. The molecule has 1 aromatic carbocycles. The van der Waals surface area contributed by atoms with Gasteiger partial charge in [-0.25, -0.2) is 15.7 Å². The van der Waals surface area contributed by atoms with Gasteiger partial charge in [-0.3, -0.25) is 15.1 Å². The number of rotatable bonds is 5. The summed E-state index contributed by atoms with van der Waals surface area (Å²) in [5.74, 6) is 4.80. The van der Waals surface area contributed by atoms with Crippen molar-refractivity contribution >= 4 is 11.9 Å². The third kappa shape index (κ3) is 3.50. The summed E-state index contributed by atoms with van der Waals surface area (Å²) in [4.78, 5) is 31.0. The van der Waals surface area contributed by atoms with E-state index in [1.54, 1.807) is 0 Å². The number of amides is 3. The van der Waals surface area contributed by atoms with Crippen molar-refractivity contribution in [2.75, 3.05) is 13.1 Å². The Morgan fingerprint density at radius 3 is 2.76 bits per heavy atom. The first-order chi connectivity index (χ1) is 10.2. The second-order valence-corrected chi connectivity index (χ2v) is 4.74. The zero-order valence-corrected chi connectivity index (χ0v) is 12.0. The Morgan fingerprint density at radius 1 is 1.43 bits per heavy atom. The highest BCUT2D eigenvalue weighted by atomic mass is 16.7. The molecule has 1 unspecified atom stereocenters. The second kappa shape index (κ2) is 7.05. The molecule has 0 saturated carbocycles. The molecular weight excluding hydrogens is 272 g/mol. The minimum Gasteiger partial charge on any atom is -0.311 e. The number of hydrazine groups is 1. The molecule has 1 heterocycles. The predicted octanol–water partition coefficient (Wildman–Crippen LogP) is 0.624. The van der Waals surface area contributed by atoms with Gasteiger partial charge in [0.1, 0.15) is 12.6 Å². The van der Waals surface area contributed by atoms with Gasteiger partial charge in [-0.2, -0.15) is 0 Å². The zero-order valence-electron chi connectivity index (χ0n) is 12.0. The number of hydroxylamine groups is 2. The number of carbonyl (C=O) groups is 2. The molecule has 0 aliphatic carbocycles. The highest BCUT2D eigenvalue weighted by Gasteiger charge is 2.36. The van der Waals surface area contributed by atoms with Crippen LogP contribution in [-0.2, 0) is 16.2 Å². The van der Waals surface area contributed by atoms with Crippen molar-refractivity contribution in [2.24, 2.45) is 5.84 Å². The summed E-state index contributed by atoms with van der Waals surface area (Å²) < 4.78 is 0. The Kier molecular flexibility index (Phi) is 5.13. The fourth-order valence-electron chi connectivity index (χ4n) is 2.34. The van der Waals surface area contributed by atoms with Gasteiger partial charge >= 0.3 is 6.03 Å². The summed E-state index contributed by atoms with van der Waals surface area (Å²) >= 11 is 0. The van der Waals surface area contributed by atoms with Gasteiger partial charge in [0.25, 0.3) is 5.91 Å². The number of nitrogens with zero attached hydrogens (tertiary/aromatic N) is 2. The maximum Gasteiger partial charge on any atom is 0.344 e. The number of likely N-dealkylation sites (N-methyl/N-ethyl adjacent to an activating group) is 1. The molecule has 3 amide bonds. The van der Waals surface area contributed by atoms with Crippen LogP contribution in [0.3, 0.4) is 0 Å². The van der Waals surface area contributed by atoms with Crippen molar-refractivity contribution in [1.82, 2.24) is 15.4 Å². The fraction of sp³-hybridized carbons (Fsp3) is 0.429. The van der Waals surface area contributed by atoms with Crippen molar-refractivity contribution in [1.29, 1.82) is 0 Å². The van der Waals surface area contributed by atoms with Crippen LogP contribution in [0.2, 0.25) is 0 Å².